The molecule has 1 aromatic rings. The van der Waals surface area contributed by atoms with Gasteiger partial charge in [-0.25, -0.2) is 0 Å². The second kappa shape index (κ2) is 7.00. The van der Waals surface area contributed by atoms with Gasteiger partial charge in [-0.3, -0.25) is 14.9 Å². The number of nitrogens with zero attached hydrogens (tertiary/aromatic N) is 1. The van der Waals surface area contributed by atoms with E-state index in [-0.39, 0.29) is 18.0 Å². The van der Waals surface area contributed by atoms with Gasteiger partial charge in [-0.1, -0.05) is 25.5 Å². The summed E-state index contributed by atoms with van der Waals surface area (Å²) in [5, 5.41) is 10.9. The van der Waals surface area contributed by atoms with Gasteiger partial charge in [0.05, 0.1) is 16.2 Å². The molecule has 0 bridgehead atoms. The highest BCUT2D eigenvalue weighted by Crippen LogP contribution is 2.24. The van der Waals surface area contributed by atoms with Crippen LogP contribution in [0.3, 0.4) is 0 Å². The second-order valence-corrected chi connectivity index (χ2v) is 4.06. The highest BCUT2D eigenvalue weighted by molar-refractivity contribution is 7.81. The fourth-order valence-corrected chi connectivity index (χ4v) is 1.75. The molecule has 0 atom stereocenters. The third kappa shape index (κ3) is 3.73. The Balaban J connectivity index is 3.02. The lowest BCUT2D eigenvalue weighted by atomic mass is 10.0. The minimum Gasteiger partial charge on any atom is -0.460 e. The average Bonchev–Trinajstić information content (AvgIpc) is 2.36. The zero-order valence-corrected chi connectivity index (χ0v) is 11.0. The van der Waals surface area contributed by atoms with Crippen LogP contribution in [0, 0.1) is 10.1 Å². The van der Waals surface area contributed by atoms with Crippen molar-refractivity contribution >= 4 is 24.3 Å². The van der Waals surface area contributed by atoms with E-state index in [9.17, 15) is 14.9 Å². The molecule has 0 aliphatic heterocycles. The van der Waals surface area contributed by atoms with Crippen molar-refractivity contribution in [3.63, 3.8) is 0 Å². The number of carbonyl (C=O) groups is 1. The molecule has 5 nitrogen and oxygen atoms in total. The Labute approximate surface area is 111 Å². The lowest BCUT2D eigenvalue weighted by molar-refractivity contribution is -0.385. The van der Waals surface area contributed by atoms with E-state index in [1.165, 1.54) is 6.07 Å². The number of hydrogen-bond donors (Lipinski definition) is 1. The molecule has 0 fully saturated rings. The maximum absolute atomic E-state index is 11.1. The molecule has 0 amide bonds. The minimum absolute atomic E-state index is 0.00656. The topological polar surface area (TPSA) is 69.4 Å². The number of ether oxygens (including phenoxy) is 1. The van der Waals surface area contributed by atoms with Crippen molar-refractivity contribution in [3.05, 3.63) is 39.4 Å². The van der Waals surface area contributed by atoms with Crippen LogP contribution >= 0.6 is 12.6 Å². The summed E-state index contributed by atoms with van der Waals surface area (Å²) in [7, 11) is 0. The Morgan fingerprint density at radius 1 is 1.50 bits per heavy atom. The van der Waals surface area contributed by atoms with E-state index in [1.54, 1.807) is 6.07 Å². The molecule has 0 heterocycles. The first kappa shape index (κ1) is 14.5. The molecule has 0 saturated heterocycles. The third-order valence-corrected chi connectivity index (χ3v) is 2.73. The average molecular weight is 269 g/mol. The predicted octanol–water partition coefficient (Wildman–Crippen LogP) is 2.52. The molecule has 0 aliphatic rings. The first-order chi connectivity index (χ1) is 8.60. The van der Waals surface area contributed by atoms with Gasteiger partial charge >= 0.3 is 5.97 Å². The van der Waals surface area contributed by atoms with Crippen LogP contribution in [-0.4, -0.2) is 16.6 Å². The van der Waals surface area contributed by atoms with Crippen molar-refractivity contribution in [3.8, 4) is 0 Å². The number of rotatable bonds is 6. The Morgan fingerprint density at radius 3 is 2.78 bits per heavy atom. The lowest BCUT2D eigenvalue weighted by Crippen LogP contribution is -2.09. The fraction of sp³-hybridized carbons (Fsp3) is 0.417. The summed E-state index contributed by atoms with van der Waals surface area (Å²) in [6.07, 6.45) is 1.59. The number of thiol groups is 1. The van der Waals surface area contributed by atoms with Gasteiger partial charge in [-0.2, -0.15) is 12.6 Å². The van der Waals surface area contributed by atoms with Crippen LogP contribution in [0.5, 0.6) is 0 Å². The fourth-order valence-electron chi connectivity index (χ4n) is 1.66. The highest BCUT2D eigenvalue weighted by atomic mass is 32.1. The van der Waals surface area contributed by atoms with Gasteiger partial charge in [0, 0.05) is 6.07 Å². The van der Waals surface area contributed by atoms with Crippen LogP contribution < -0.4 is 0 Å². The molecule has 0 aromatic heterocycles. The second-order valence-electron chi connectivity index (χ2n) is 3.74. The van der Waals surface area contributed by atoms with E-state index in [1.807, 2.05) is 13.0 Å². The maximum atomic E-state index is 11.1. The number of esters is 1. The van der Waals surface area contributed by atoms with E-state index >= 15 is 0 Å². The maximum Gasteiger partial charge on any atom is 0.315 e. The quantitative estimate of drug-likeness (QED) is 0.373. The summed E-state index contributed by atoms with van der Waals surface area (Å²) < 4.78 is 4.94. The molecule has 0 saturated carbocycles. The number of hydrogen-bond acceptors (Lipinski definition) is 5. The molecule has 0 spiro atoms. The zero-order valence-electron chi connectivity index (χ0n) is 10.1. The highest BCUT2D eigenvalue weighted by Gasteiger charge is 2.18. The Hall–Kier alpha value is -1.56. The van der Waals surface area contributed by atoms with E-state index in [4.69, 9.17) is 4.74 Å². The summed E-state index contributed by atoms with van der Waals surface area (Å²) in [6.45, 7) is 1.91. The van der Waals surface area contributed by atoms with Crippen LogP contribution in [0.15, 0.2) is 18.2 Å². The number of carbonyl (C=O) groups excluding carboxylic acids is 1. The molecule has 0 unspecified atom stereocenters. The lowest BCUT2D eigenvalue weighted by Gasteiger charge is -2.09. The molecule has 0 N–H and O–H groups in total. The Bertz CT molecular complexity index is 448. The minimum atomic E-state index is -0.487. The van der Waals surface area contributed by atoms with Crippen LogP contribution in [-0.2, 0) is 22.6 Å². The molecule has 1 rings (SSSR count). The smallest absolute Gasteiger partial charge is 0.315 e. The van der Waals surface area contributed by atoms with Crippen molar-refractivity contribution in [1.82, 2.24) is 0 Å². The summed E-state index contributed by atoms with van der Waals surface area (Å²) in [5.74, 6) is -0.525. The van der Waals surface area contributed by atoms with E-state index in [0.717, 1.165) is 18.4 Å². The standard InChI is InChI=1S/C12H15NO4S/c1-2-4-9-5-3-6-11(13(15)16)10(9)7-17-12(14)8-18/h3,5-6,18H,2,4,7-8H2,1H3. The van der Waals surface area contributed by atoms with E-state index in [0.29, 0.717) is 5.56 Å². The van der Waals surface area contributed by atoms with Crippen LogP contribution in [0.25, 0.3) is 0 Å². The molecular formula is C12H15NO4S. The SMILES string of the molecule is CCCc1cccc([N+](=O)[O-])c1COC(=O)CS. The molecule has 18 heavy (non-hydrogen) atoms. The zero-order chi connectivity index (χ0) is 13.5. The number of nitro benzene ring substituents is 1. The van der Waals surface area contributed by atoms with E-state index < -0.39 is 10.9 Å². The third-order valence-electron chi connectivity index (χ3n) is 2.47. The Kier molecular flexibility index (Phi) is 5.64. The first-order valence-corrected chi connectivity index (χ1v) is 6.25. The number of nitro groups is 1. The van der Waals surface area contributed by atoms with Gasteiger partial charge in [0.1, 0.15) is 6.61 Å². The number of aryl methyl sites for hydroxylation is 1. The molecule has 98 valence electrons. The normalized spacial score (nSPS) is 10.1. The van der Waals surface area contributed by atoms with Gasteiger partial charge in [-0.05, 0) is 12.0 Å². The van der Waals surface area contributed by atoms with Crippen molar-refractivity contribution < 1.29 is 14.5 Å². The summed E-state index contributed by atoms with van der Waals surface area (Å²) in [6, 6.07) is 4.89. The van der Waals surface area contributed by atoms with Gasteiger partial charge in [0.25, 0.3) is 5.69 Å². The van der Waals surface area contributed by atoms with Crippen molar-refractivity contribution in [2.24, 2.45) is 0 Å². The molecule has 1 aromatic carbocycles. The van der Waals surface area contributed by atoms with Crippen molar-refractivity contribution in [2.45, 2.75) is 26.4 Å². The summed E-state index contributed by atoms with van der Waals surface area (Å²) >= 11 is 3.79. The molecule has 0 radical (unpaired) electrons. The molecule has 0 aliphatic carbocycles. The van der Waals surface area contributed by atoms with Crippen molar-refractivity contribution in [1.29, 1.82) is 0 Å². The molecular weight excluding hydrogens is 254 g/mol. The van der Waals surface area contributed by atoms with Crippen molar-refractivity contribution in [2.75, 3.05) is 5.75 Å². The van der Waals surface area contributed by atoms with Gasteiger partial charge < -0.3 is 4.74 Å². The number of benzene rings is 1. The van der Waals surface area contributed by atoms with E-state index in [2.05, 4.69) is 12.6 Å². The monoisotopic (exact) mass is 269 g/mol. The van der Waals surface area contributed by atoms with Crippen LogP contribution in [0.2, 0.25) is 0 Å². The van der Waals surface area contributed by atoms with Crippen LogP contribution in [0.4, 0.5) is 5.69 Å². The van der Waals surface area contributed by atoms with Gasteiger partial charge in [0.2, 0.25) is 0 Å². The largest absolute Gasteiger partial charge is 0.460 e. The Morgan fingerprint density at radius 2 is 2.22 bits per heavy atom. The summed E-state index contributed by atoms with van der Waals surface area (Å²) in [5.41, 5.74) is 1.31. The predicted molar refractivity (Wildman–Crippen MR) is 70.7 cm³/mol. The summed E-state index contributed by atoms with van der Waals surface area (Å²) in [4.78, 5) is 21.6. The van der Waals surface area contributed by atoms with Gasteiger partial charge in [0.15, 0.2) is 0 Å². The molecule has 6 heteroatoms. The van der Waals surface area contributed by atoms with Crippen LogP contribution in [0.1, 0.15) is 24.5 Å². The first-order valence-electron chi connectivity index (χ1n) is 5.61. The van der Waals surface area contributed by atoms with Gasteiger partial charge in [-0.15, -0.1) is 0 Å².